The number of rotatable bonds is 3. The van der Waals surface area contributed by atoms with Crippen molar-refractivity contribution in [3.05, 3.63) is 30.1 Å². The van der Waals surface area contributed by atoms with Crippen LogP contribution in [0, 0.1) is 5.41 Å². The first-order valence-electron chi connectivity index (χ1n) is 5.40. The van der Waals surface area contributed by atoms with Crippen LogP contribution in [0.1, 0.15) is 23.8 Å². The van der Waals surface area contributed by atoms with Crippen LogP contribution in [-0.2, 0) is 4.74 Å². The lowest BCUT2D eigenvalue weighted by Crippen LogP contribution is -2.47. The molecule has 1 aliphatic heterocycles. The second-order valence-corrected chi connectivity index (χ2v) is 3.92. The molecule has 2 N–H and O–H groups in total. The lowest BCUT2D eigenvalue weighted by molar-refractivity contribution is -0.108. The van der Waals surface area contributed by atoms with Crippen molar-refractivity contribution in [2.45, 2.75) is 13.3 Å². The molecule has 0 aliphatic carbocycles. The second kappa shape index (κ2) is 6.35. The van der Waals surface area contributed by atoms with Crippen LogP contribution >= 0.6 is 0 Å². The van der Waals surface area contributed by atoms with E-state index < -0.39 is 0 Å². The van der Waals surface area contributed by atoms with E-state index in [2.05, 4.69) is 11.9 Å². The lowest BCUT2D eigenvalue weighted by Gasteiger charge is -2.39. The lowest BCUT2D eigenvalue weighted by atomic mass is 9.84. The number of carbonyl (C=O) groups excluding carboxylic acids is 1. The van der Waals surface area contributed by atoms with Gasteiger partial charge in [-0.15, -0.1) is 0 Å². The van der Waals surface area contributed by atoms with Crippen molar-refractivity contribution in [2.24, 2.45) is 11.1 Å². The van der Waals surface area contributed by atoms with Gasteiger partial charge >= 0.3 is 0 Å². The third-order valence-electron chi connectivity index (χ3n) is 2.81. The molecule has 0 saturated carbocycles. The van der Waals surface area contributed by atoms with Crippen molar-refractivity contribution in [3.63, 3.8) is 0 Å². The maximum Gasteiger partial charge on any atom is 0.168 e. The minimum Gasteiger partial charge on any atom is -0.380 e. The van der Waals surface area contributed by atoms with Crippen LogP contribution in [0.3, 0.4) is 0 Å². The number of aromatic nitrogens is 1. The van der Waals surface area contributed by atoms with Crippen LogP contribution in [0.4, 0.5) is 0 Å². The van der Waals surface area contributed by atoms with Gasteiger partial charge in [0.25, 0.3) is 0 Å². The molecule has 2 heterocycles. The largest absolute Gasteiger partial charge is 0.380 e. The number of carbonyl (C=O) groups is 1. The van der Waals surface area contributed by atoms with Gasteiger partial charge in [0.05, 0.1) is 13.2 Å². The summed E-state index contributed by atoms with van der Waals surface area (Å²) in [6.07, 6.45) is 3.47. The van der Waals surface area contributed by atoms with Gasteiger partial charge in [0.2, 0.25) is 0 Å². The molecule has 0 atom stereocenters. The van der Waals surface area contributed by atoms with E-state index in [4.69, 9.17) is 10.5 Å². The van der Waals surface area contributed by atoms with E-state index in [-0.39, 0.29) is 0 Å². The fourth-order valence-corrected chi connectivity index (χ4v) is 1.30. The van der Waals surface area contributed by atoms with Crippen LogP contribution in [0.5, 0.6) is 0 Å². The topological polar surface area (TPSA) is 65.2 Å². The first-order valence-corrected chi connectivity index (χ1v) is 5.40. The zero-order valence-electron chi connectivity index (χ0n) is 9.56. The summed E-state index contributed by atoms with van der Waals surface area (Å²) in [5.41, 5.74) is 6.34. The van der Waals surface area contributed by atoms with Crippen LogP contribution < -0.4 is 5.73 Å². The number of ether oxygens (including phenoxy) is 1. The smallest absolute Gasteiger partial charge is 0.168 e. The Morgan fingerprint density at radius 3 is 2.50 bits per heavy atom. The third-order valence-corrected chi connectivity index (χ3v) is 2.81. The van der Waals surface area contributed by atoms with Crippen molar-refractivity contribution < 1.29 is 9.53 Å². The predicted octanol–water partition coefficient (Wildman–Crippen LogP) is 1.27. The highest BCUT2D eigenvalue weighted by molar-refractivity contribution is 5.71. The number of pyridine rings is 1. The van der Waals surface area contributed by atoms with Crippen molar-refractivity contribution in [2.75, 3.05) is 19.8 Å². The van der Waals surface area contributed by atoms with E-state index in [1.807, 2.05) is 0 Å². The van der Waals surface area contributed by atoms with Crippen LogP contribution in [-0.4, -0.2) is 31.0 Å². The van der Waals surface area contributed by atoms with E-state index >= 15 is 0 Å². The summed E-state index contributed by atoms with van der Waals surface area (Å²) >= 11 is 0. The molecule has 0 amide bonds. The summed E-state index contributed by atoms with van der Waals surface area (Å²) in [5, 5.41) is 0. The van der Waals surface area contributed by atoms with Gasteiger partial charge in [0, 0.05) is 18.2 Å². The van der Waals surface area contributed by atoms with E-state index in [0.717, 1.165) is 32.5 Å². The zero-order valence-corrected chi connectivity index (χ0v) is 9.56. The Bertz CT molecular complexity index is 297. The van der Waals surface area contributed by atoms with Crippen molar-refractivity contribution in [3.8, 4) is 0 Å². The molecular formula is C12H18N2O2. The highest BCUT2D eigenvalue weighted by atomic mass is 16.5. The Hall–Kier alpha value is -1.26. The highest BCUT2D eigenvalue weighted by Gasteiger charge is 2.34. The van der Waals surface area contributed by atoms with Crippen LogP contribution in [0.2, 0.25) is 0 Å². The molecule has 0 bridgehead atoms. The van der Waals surface area contributed by atoms with E-state index in [1.165, 1.54) is 0 Å². The van der Waals surface area contributed by atoms with Crippen molar-refractivity contribution in [1.82, 2.24) is 4.98 Å². The van der Waals surface area contributed by atoms with E-state index in [0.29, 0.717) is 11.1 Å². The third kappa shape index (κ3) is 3.40. The van der Waals surface area contributed by atoms with Gasteiger partial charge in [-0.05, 0) is 18.6 Å². The summed E-state index contributed by atoms with van der Waals surface area (Å²) in [6, 6.07) is 5.21. The average molecular weight is 222 g/mol. The zero-order chi connectivity index (χ0) is 11.9. The maximum absolute atomic E-state index is 9.94. The Labute approximate surface area is 95.8 Å². The molecule has 16 heavy (non-hydrogen) atoms. The Morgan fingerprint density at radius 1 is 1.56 bits per heavy atom. The molecule has 0 radical (unpaired) electrons. The summed E-state index contributed by atoms with van der Waals surface area (Å²) in [4.78, 5) is 13.7. The normalized spacial score (nSPS) is 16.6. The van der Waals surface area contributed by atoms with Crippen molar-refractivity contribution in [1.29, 1.82) is 0 Å². The number of nitrogens with two attached hydrogens (primary N) is 1. The van der Waals surface area contributed by atoms with Gasteiger partial charge in [0.1, 0.15) is 5.69 Å². The van der Waals surface area contributed by atoms with Gasteiger partial charge in [-0.3, -0.25) is 9.78 Å². The maximum atomic E-state index is 9.94. The highest BCUT2D eigenvalue weighted by Crippen LogP contribution is 2.28. The monoisotopic (exact) mass is 222 g/mol. The summed E-state index contributed by atoms with van der Waals surface area (Å²) in [7, 11) is 0. The number of aldehydes is 1. The molecule has 2 rings (SSSR count). The molecule has 0 aromatic carbocycles. The van der Waals surface area contributed by atoms with Gasteiger partial charge < -0.3 is 10.5 Å². The van der Waals surface area contributed by atoms with Gasteiger partial charge in [0.15, 0.2) is 6.29 Å². The number of hydrogen-bond donors (Lipinski definition) is 1. The molecule has 0 unspecified atom stereocenters. The summed E-state index contributed by atoms with van der Waals surface area (Å²) < 4.78 is 5.04. The van der Waals surface area contributed by atoms with Crippen molar-refractivity contribution >= 4 is 6.29 Å². The van der Waals surface area contributed by atoms with Crippen LogP contribution in [0.25, 0.3) is 0 Å². The SMILES string of the molecule is CCC1(CN)COC1.O=Cc1ccccn1. The summed E-state index contributed by atoms with van der Waals surface area (Å²) in [5.74, 6) is 0. The van der Waals surface area contributed by atoms with Crippen LogP contribution in [0.15, 0.2) is 24.4 Å². The first kappa shape index (κ1) is 12.8. The molecule has 1 aromatic rings. The molecule has 1 saturated heterocycles. The predicted molar refractivity (Wildman–Crippen MR) is 62.2 cm³/mol. The molecule has 1 fully saturated rings. The minimum absolute atomic E-state index is 0.361. The quantitative estimate of drug-likeness (QED) is 0.782. The van der Waals surface area contributed by atoms with E-state index in [9.17, 15) is 4.79 Å². The Balaban J connectivity index is 0.000000160. The first-order chi connectivity index (χ1) is 7.76. The van der Waals surface area contributed by atoms with Gasteiger partial charge in [-0.25, -0.2) is 0 Å². The Morgan fingerprint density at radius 2 is 2.31 bits per heavy atom. The molecule has 4 nitrogen and oxygen atoms in total. The number of hydrogen-bond acceptors (Lipinski definition) is 4. The molecule has 0 spiro atoms. The molecule has 4 heteroatoms. The number of nitrogens with zero attached hydrogens (tertiary/aromatic N) is 1. The fraction of sp³-hybridized carbons (Fsp3) is 0.500. The standard InChI is InChI=1S/C6H13NO.C6H5NO/c1-2-6(3-7)4-8-5-6;8-5-6-3-1-2-4-7-6/h2-5,7H2,1H3;1-5H. The second-order valence-electron chi connectivity index (χ2n) is 3.92. The summed E-state index contributed by atoms with van der Waals surface area (Å²) in [6.45, 7) is 4.69. The molecular weight excluding hydrogens is 204 g/mol. The fourth-order valence-electron chi connectivity index (χ4n) is 1.30. The minimum atomic E-state index is 0.361. The Kier molecular flexibility index (Phi) is 5.08. The van der Waals surface area contributed by atoms with Gasteiger partial charge in [-0.1, -0.05) is 13.0 Å². The molecule has 1 aromatic heterocycles. The molecule has 1 aliphatic rings. The molecule has 88 valence electrons. The van der Waals surface area contributed by atoms with Gasteiger partial charge in [-0.2, -0.15) is 0 Å². The van der Waals surface area contributed by atoms with E-state index in [1.54, 1.807) is 24.4 Å². The average Bonchev–Trinajstić information content (AvgIpc) is 2.31.